The predicted octanol–water partition coefficient (Wildman–Crippen LogP) is 2.22. The number of carbonyl (C=O) groups is 2. The van der Waals surface area contributed by atoms with Crippen LogP contribution in [0.2, 0.25) is 0 Å². The first-order valence-electron chi connectivity index (χ1n) is 8.38. The molecule has 0 spiro atoms. The van der Waals surface area contributed by atoms with Gasteiger partial charge in [-0.3, -0.25) is 4.79 Å². The van der Waals surface area contributed by atoms with E-state index in [4.69, 9.17) is 10.3 Å². The molecule has 2 amide bonds. The molecule has 0 unspecified atom stereocenters. The molecule has 9 nitrogen and oxygen atoms in total. The maximum absolute atomic E-state index is 12.3. The van der Waals surface area contributed by atoms with Gasteiger partial charge in [0.25, 0.3) is 15.9 Å². The second-order valence-electron chi connectivity index (χ2n) is 5.99. The molecule has 0 aliphatic rings. The Morgan fingerprint density at radius 1 is 1.07 bits per heavy atom. The van der Waals surface area contributed by atoms with Gasteiger partial charge in [-0.05, 0) is 24.6 Å². The van der Waals surface area contributed by atoms with Gasteiger partial charge in [0.1, 0.15) is 11.5 Å². The van der Waals surface area contributed by atoms with Crippen LogP contribution in [0.15, 0.2) is 64.0 Å². The molecule has 1 aromatic heterocycles. The molecule has 3 N–H and O–H groups in total. The van der Waals surface area contributed by atoms with Crippen LogP contribution in [-0.4, -0.2) is 32.2 Å². The van der Waals surface area contributed by atoms with Crippen LogP contribution in [0, 0.1) is 6.92 Å². The van der Waals surface area contributed by atoms with E-state index in [1.54, 1.807) is 23.8 Å². The van der Waals surface area contributed by atoms with E-state index in [0.717, 1.165) is 11.1 Å². The van der Waals surface area contributed by atoms with Crippen molar-refractivity contribution in [3.05, 3.63) is 60.4 Å². The fourth-order valence-corrected chi connectivity index (χ4v) is 3.65. The number of nitrogens with one attached hydrogen (secondary N) is 1. The average molecular weight is 415 g/mol. The van der Waals surface area contributed by atoms with Crippen molar-refractivity contribution in [3.8, 4) is 22.4 Å². The van der Waals surface area contributed by atoms with Crippen molar-refractivity contribution in [2.24, 2.45) is 5.73 Å². The molecule has 1 heterocycles. The highest BCUT2D eigenvalue weighted by atomic mass is 32.2. The first-order valence-corrected chi connectivity index (χ1v) is 9.86. The Morgan fingerprint density at radius 2 is 1.72 bits per heavy atom. The summed E-state index contributed by atoms with van der Waals surface area (Å²) in [5.41, 5.74) is 7.67. The number of benzene rings is 2. The zero-order valence-electron chi connectivity index (χ0n) is 15.3. The number of sulfonamides is 1. The maximum atomic E-state index is 12.3. The number of aryl methyl sites for hydroxylation is 1. The zero-order chi connectivity index (χ0) is 21.0. The predicted molar refractivity (Wildman–Crippen MR) is 103 cm³/mol. The van der Waals surface area contributed by atoms with Crippen LogP contribution in [0.5, 0.6) is 0 Å². The van der Waals surface area contributed by atoms with E-state index in [9.17, 15) is 18.0 Å². The zero-order valence-corrected chi connectivity index (χ0v) is 16.1. The summed E-state index contributed by atoms with van der Waals surface area (Å²) in [6.45, 7) is 0.964. The second-order valence-corrected chi connectivity index (χ2v) is 7.67. The van der Waals surface area contributed by atoms with E-state index in [2.05, 4.69) is 9.89 Å². The number of nitrogens with zero attached hydrogens (tertiary/aromatic N) is 1. The first kappa shape index (κ1) is 20.1. The molecular weight excluding hydrogens is 398 g/mol. The Hall–Kier alpha value is -3.66. The molecule has 2 aromatic carbocycles. The lowest BCUT2D eigenvalue weighted by molar-refractivity contribution is -0.122. The van der Waals surface area contributed by atoms with Crippen LogP contribution in [0.25, 0.3) is 22.4 Å². The largest absolute Gasteiger partial charge is 0.440 e. The van der Waals surface area contributed by atoms with Gasteiger partial charge in [-0.25, -0.2) is 17.9 Å². The molecule has 29 heavy (non-hydrogen) atoms. The first-order chi connectivity index (χ1) is 13.8. The maximum Gasteiger partial charge on any atom is 0.405 e. The number of hydrogen-bond donors (Lipinski definition) is 2. The van der Waals surface area contributed by atoms with Gasteiger partial charge in [0, 0.05) is 5.56 Å². The van der Waals surface area contributed by atoms with E-state index < -0.39 is 28.6 Å². The van der Waals surface area contributed by atoms with Crippen LogP contribution in [0.1, 0.15) is 5.76 Å². The van der Waals surface area contributed by atoms with E-state index in [1.807, 2.05) is 30.3 Å². The number of primary amides is 1. The van der Waals surface area contributed by atoms with Gasteiger partial charge in [-0.15, -0.1) is 0 Å². The summed E-state index contributed by atoms with van der Waals surface area (Å²) >= 11 is 0. The minimum absolute atomic E-state index is 0.135. The van der Waals surface area contributed by atoms with Crippen molar-refractivity contribution in [1.29, 1.82) is 0 Å². The smallest absolute Gasteiger partial charge is 0.405 e. The minimum atomic E-state index is -4.14. The Morgan fingerprint density at radius 3 is 2.34 bits per heavy atom. The molecule has 10 heteroatoms. The third-order valence-electron chi connectivity index (χ3n) is 3.96. The summed E-state index contributed by atoms with van der Waals surface area (Å²) in [5, 5.41) is 4.11. The van der Waals surface area contributed by atoms with E-state index in [-0.39, 0.29) is 4.90 Å². The summed E-state index contributed by atoms with van der Waals surface area (Å²) in [5.74, 6) is -0.439. The minimum Gasteiger partial charge on any atom is -0.440 e. The van der Waals surface area contributed by atoms with Gasteiger partial charge in [-0.1, -0.05) is 47.6 Å². The SMILES string of the molecule is Cc1onc(-c2ccccc2)c1-c1ccc(S(=O)(=O)NC(=O)COC(N)=O)cc1. The lowest BCUT2D eigenvalue weighted by atomic mass is 10.00. The molecule has 0 saturated heterocycles. The standard InChI is InChI=1S/C19H17N3O6S/c1-12-17(18(21-28-12)14-5-3-2-4-6-14)13-7-9-15(10-8-13)29(25,26)22-16(23)11-27-19(20)24/h2-10H,11H2,1H3,(H2,20,24)(H,22,23). The molecule has 0 bridgehead atoms. The van der Waals surface area contributed by atoms with Gasteiger partial charge in [0.2, 0.25) is 0 Å². The van der Waals surface area contributed by atoms with Crippen LogP contribution in [-0.2, 0) is 19.6 Å². The summed E-state index contributed by atoms with van der Waals surface area (Å²) in [6, 6.07) is 15.3. The molecule has 3 rings (SSSR count). The third-order valence-corrected chi connectivity index (χ3v) is 5.35. The van der Waals surface area contributed by atoms with E-state index >= 15 is 0 Å². The molecule has 0 saturated carbocycles. The van der Waals surface area contributed by atoms with Crippen molar-refractivity contribution < 1.29 is 27.3 Å². The second kappa shape index (κ2) is 8.15. The fraction of sp³-hybridized carbons (Fsp3) is 0.105. The lowest BCUT2D eigenvalue weighted by Crippen LogP contribution is -2.34. The third kappa shape index (κ3) is 4.61. The highest BCUT2D eigenvalue weighted by Gasteiger charge is 2.20. The Kier molecular flexibility index (Phi) is 5.64. The molecule has 3 aromatic rings. The normalized spacial score (nSPS) is 11.1. The van der Waals surface area contributed by atoms with Gasteiger partial charge in [0.15, 0.2) is 6.61 Å². The fourth-order valence-electron chi connectivity index (χ4n) is 2.68. The Balaban J connectivity index is 1.85. The molecule has 0 fully saturated rings. The quantitative estimate of drug-likeness (QED) is 0.628. The highest BCUT2D eigenvalue weighted by Crippen LogP contribution is 2.34. The highest BCUT2D eigenvalue weighted by molar-refractivity contribution is 7.90. The van der Waals surface area contributed by atoms with Crippen LogP contribution < -0.4 is 10.5 Å². The number of amides is 2. The van der Waals surface area contributed by atoms with Crippen LogP contribution in [0.4, 0.5) is 4.79 Å². The van der Waals surface area contributed by atoms with Crippen molar-refractivity contribution in [2.75, 3.05) is 6.61 Å². The molecule has 0 aliphatic carbocycles. The van der Waals surface area contributed by atoms with E-state index in [0.29, 0.717) is 17.0 Å². The Bertz CT molecular complexity index is 1140. The van der Waals surface area contributed by atoms with Crippen LogP contribution in [0.3, 0.4) is 0 Å². The summed E-state index contributed by atoms with van der Waals surface area (Å²) in [7, 11) is -4.14. The van der Waals surface area contributed by atoms with Crippen molar-refractivity contribution in [1.82, 2.24) is 9.88 Å². The van der Waals surface area contributed by atoms with Gasteiger partial charge in [-0.2, -0.15) is 0 Å². The summed E-state index contributed by atoms with van der Waals surface area (Å²) in [6.07, 6.45) is -1.18. The number of ether oxygens (including phenoxy) is 1. The number of aromatic nitrogens is 1. The van der Waals surface area contributed by atoms with Crippen molar-refractivity contribution in [2.45, 2.75) is 11.8 Å². The van der Waals surface area contributed by atoms with Crippen molar-refractivity contribution >= 4 is 22.0 Å². The number of hydrogen-bond acceptors (Lipinski definition) is 7. The Labute approximate surface area is 166 Å². The summed E-state index contributed by atoms with van der Waals surface area (Å²) in [4.78, 5) is 22.0. The molecule has 150 valence electrons. The number of carbonyl (C=O) groups excluding carboxylic acids is 2. The molecule has 0 aliphatic heterocycles. The monoisotopic (exact) mass is 415 g/mol. The molecular formula is C19H17N3O6S. The summed E-state index contributed by atoms with van der Waals surface area (Å²) < 4.78 is 36.0. The van der Waals surface area contributed by atoms with Gasteiger partial charge in [0.05, 0.1) is 10.5 Å². The van der Waals surface area contributed by atoms with Gasteiger partial charge >= 0.3 is 6.09 Å². The van der Waals surface area contributed by atoms with E-state index in [1.165, 1.54) is 12.1 Å². The van der Waals surface area contributed by atoms with Crippen LogP contribution >= 0.6 is 0 Å². The van der Waals surface area contributed by atoms with Gasteiger partial charge < -0.3 is 15.0 Å². The average Bonchev–Trinajstić information content (AvgIpc) is 3.08. The van der Waals surface area contributed by atoms with Crippen molar-refractivity contribution in [3.63, 3.8) is 0 Å². The topological polar surface area (TPSA) is 142 Å². The number of nitrogens with two attached hydrogens (primary N) is 1. The number of rotatable bonds is 6. The lowest BCUT2D eigenvalue weighted by Gasteiger charge is -2.08. The molecule has 0 atom stereocenters. The molecule has 0 radical (unpaired) electrons.